The Labute approximate surface area is 339 Å². The number of aromatic nitrogens is 5. The third-order valence-corrected chi connectivity index (χ3v) is 12.2. The van der Waals surface area contributed by atoms with E-state index in [0.717, 1.165) is 94.7 Å². The first kappa shape index (κ1) is 29.9. The summed E-state index contributed by atoms with van der Waals surface area (Å²) >= 11 is 0. The lowest BCUT2D eigenvalue weighted by Crippen LogP contribution is -2.24. The van der Waals surface area contributed by atoms with E-state index in [1.807, 2.05) is 80.7 Å². The molecule has 12 rings (SSSR count). The summed E-state index contributed by atoms with van der Waals surface area (Å²) in [4.78, 5) is 15.7. The summed E-state index contributed by atoms with van der Waals surface area (Å²) in [5.41, 5.74) is 15.8. The summed E-state index contributed by atoms with van der Waals surface area (Å²) in [5.74, 6) is 2.42. The van der Waals surface area contributed by atoms with E-state index < -0.39 is 12.3 Å². The molecule has 0 N–H and O–H groups in total. The van der Waals surface area contributed by atoms with E-state index in [1.54, 1.807) is 0 Å². The van der Waals surface area contributed by atoms with Crippen molar-refractivity contribution in [1.29, 1.82) is 0 Å². The van der Waals surface area contributed by atoms with E-state index in [1.165, 1.54) is 0 Å². The molecule has 6 heteroatoms. The van der Waals surface area contributed by atoms with Gasteiger partial charge in [-0.25, -0.2) is 19.5 Å². The molecule has 6 nitrogen and oxygen atoms in total. The van der Waals surface area contributed by atoms with E-state index in [9.17, 15) is 0 Å². The molecule has 0 saturated heterocycles. The van der Waals surface area contributed by atoms with E-state index >= 15 is 0 Å². The Hall–Kier alpha value is -7.31. The predicted octanol–water partition coefficient (Wildman–Crippen LogP) is 12.9. The van der Waals surface area contributed by atoms with Gasteiger partial charge in [0, 0.05) is 38.0 Å². The van der Waals surface area contributed by atoms with Crippen molar-refractivity contribution in [3.8, 4) is 73.2 Å². The highest BCUT2D eigenvalue weighted by Crippen LogP contribution is 2.52. The molecule has 1 atom stereocenters. The number of hydrogen-bond donors (Lipinski definition) is 0. The molecule has 4 heterocycles. The quantitative estimate of drug-likeness (QED) is 0.177. The number of imidazole rings is 2. The van der Waals surface area contributed by atoms with Crippen LogP contribution in [0.2, 0.25) is 0 Å². The molecule has 3 aromatic heterocycles. The minimum Gasteiger partial charge on any atom is -0.457 e. The van der Waals surface area contributed by atoms with Crippen LogP contribution in [-0.4, -0.2) is 23.9 Å². The lowest BCUT2D eigenvalue weighted by atomic mass is 9.74. The Morgan fingerprint density at radius 2 is 1.24 bits per heavy atom. The van der Waals surface area contributed by atoms with Crippen molar-refractivity contribution in [1.82, 2.24) is 23.9 Å². The summed E-state index contributed by atoms with van der Waals surface area (Å²) in [5, 5.41) is 0. The monoisotopic (exact) mass is 750 g/mol. The Kier molecular flexibility index (Phi) is 6.11. The molecule has 0 saturated carbocycles. The zero-order valence-corrected chi connectivity index (χ0v) is 32.1. The van der Waals surface area contributed by atoms with Crippen molar-refractivity contribution in [3.63, 3.8) is 0 Å². The van der Waals surface area contributed by atoms with Crippen LogP contribution in [0.3, 0.4) is 0 Å². The van der Waals surface area contributed by atoms with E-state index in [-0.39, 0.29) is 0 Å². The number of fused-ring (bicyclic) bond motifs is 15. The molecule has 0 fully saturated rings. The molecule has 10 aromatic rings. The molecular weight excluding hydrogens is 711 g/mol. The molecule has 0 spiro atoms. The number of benzene rings is 7. The topological polar surface area (TPSA) is 57.2 Å². The first-order chi connectivity index (χ1) is 29.6. The van der Waals surface area contributed by atoms with Gasteiger partial charge in [-0.1, -0.05) is 111 Å². The smallest absolute Gasteiger partial charge is 0.237 e. The summed E-state index contributed by atoms with van der Waals surface area (Å²) in [7, 11) is 0. The number of hydrogen-bond acceptors (Lipinski definition) is 4. The van der Waals surface area contributed by atoms with Crippen molar-refractivity contribution >= 4 is 27.8 Å². The Balaban J connectivity index is 1.11. The maximum Gasteiger partial charge on any atom is 0.237 e. The van der Waals surface area contributed by atoms with Crippen molar-refractivity contribution in [2.24, 2.45) is 0 Å². The second-order valence-electron chi connectivity index (χ2n) is 15.7. The molecule has 1 unspecified atom stereocenters. The number of aryl methyl sites for hydroxylation is 2. The maximum atomic E-state index is 8.89. The van der Waals surface area contributed by atoms with Crippen molar-refractivity contribution in [3.05, 3.63) is 174 Å². The van der Waals surface area contributed by atoms with Gasteiger partial charge in [0.25, 0.3) is 0 Å². The average Bonchev–Trinajstić information content (AvgIpc) is 3.80. The zero-order valence-electron chi connectivity index (χ0n) is 35.1. The van der Waals surface area contributed by atoms with Gasteiger partial charge in [0.05, 0.1) is 27.8 Å². The second-order valence-corrected chi connectivity index (χ2v) is 15.7. The normalized spacial score (nSPS) is 16.1. The van der Waals surface area contributed by atoms with Crippen molar-refractivity contribution in [2.75, 3.05) is 0 Å². The number of nitrogens with zero attached hydrogens (tertiary/aromatic N) is 5. The summed E-state index contributed by atoms with van der Waals surface area (Å²) in [6, 6.07) is 49.8. The SMILES string of the molecule is [2H]C([2H])([2H])C1(C)c2ccc(C)cc2Oc2cc(C)c(-c3ccc4c(c3)-c3ccccc3-c3ccccc3-c3cnc(-n5c6ccccc6n6c7ccccc7nc56)nc3-4)cc21. The Morgan fingerprint density at radius 1 is 0.569 bits per heavy atom. The molecule has 0 bridgehead atoms. The number of ether oxygens (including phenoxy) is 1. The largest absolute Gasteiger partial charge is 0.457 e. The third-order valence-electron chi connectivity index (χ3n) is 12.2. The van der Waals surface area contributed by atoms with Crippen LogP contribution >= 0.6 is 0 Å². The van der Waals surface area contributed by atoms with Crippen LogP contribution in [0.25, 0.3) is 89.6 Å². The lowest BCUT2D eigenvalue weighted by Gasteiger charge is -2.35. The molecule has 0 amide bonds. The molecule has 7 aromatic carbocycles. The minimum atomic E-state index is -2.35. The highest BCUT2D eigenvalue weighted by Gasteiger charge is 2.35. The van der Waals surface area contributed by atoms with Gasteiger partial charge in [0.15, 0.2) is 0 Å². The fourth-order valence-corrected chi connectivity index (χ4v) is 9.34. The first-order valence-corrected chi connectivity index (χ1v) is 19.6. The number of rotatable bonds is 2. The lowest BCUT2D eigenvalue weighted by molar-refractivity contribution is 0.417. The number of para-hydroxylation sites is 4. The van der Waals surface area contributed by atoms with Crippen LogP contribution in [0.5, 0.6) is 11.5 Å². The van der Waals surface area contributed by atoms with Crippen LogP contribution in [0, 0.1) is 13.8 Å². The van der Waals surface area contributed by atoms with Crippen LogP contribution in [0.1, 0.15) is 40.1 Å². The molecular formula is C52H37N5O. The van der Waals surface area contributed by atoms with E-state index in [0.29, 0.717) is 28.6 Å². The zero-order chi connectivity index (χ0) is 41.4. The second kappa shape index (κ2) is 11.9. The van der Waals surface area contributed by atoms with Gasteiger partial charge in [-0.2, -0.15) is 0 Å². The van der Waals surface area contributed by atoms with Crippen LogP contribution in [-0.2, 0) is 5.41 Å². The van der Waals surface area contributed by atoms with Gasteiger partial charge in [-0.3, -0.25) is 4.40 Å². The minimum absolute atomic E-state index is 0.520. The first-order valence-electron chi connectivity index (χ1n) is 21.1. The van der Waals surface area contributed by atoms with Crippen LogP contribution in [0.15, 0.2) is 152 Å². The van der Waals surface area contributed by atoms with Crippen molar-refractivity contribution in [2.45, 2.75) is 33.0 Å². The predicted molar refractivity (Wildman–Crippen MR) is 234 cm³/mol. The summed E-state index contributed by atoms with van der Waals surface area (Å²) in [6.45, 7) is 3.53. The Morgan fingerprint density at radius 3 is 2.02 bits per heavy atom. The average molecular weight is 751 g/mol. The third kappa shape index (κ3) is 4.57. The van der Waals surface area contributed by atoms with Gasteiger partial charge < -0.3 is 4.74 Å². The standard InChI is InChI=1S/C52H37N5O/c1-30-21-24-41-47(25-30)58-48-26-31(2)38(28-42(48)52(41,3)4)32-22-23-37-39(27-32)35-15-7-5-13-33(35)34-14-6-8-16-36(34)40-29-53-50(55-49(37)40)57-46-20-12-11-19-45(46)56-44-18-10-9-17-43(44)54-51(56)57/h5-29H,1-4H3/i3D3. The fourth-order valence-electron chi connectivity index (χ4n) is 9.34. The van der Waals surface area contributed by atoms with Crippen LogP contribution < -0.4 is 4.74 Å². The van der Waals surface area contributed by atoms with Gasteiger partial charge >= 0.3 is 0 Å². The van der Waals surface area contributed by atoms with Gasteiger partial charge in [-0.05, 0) is 112 Å². The molecule has 58 heavy (non-hydrogen) atoms. The van der Waals surface area contributed by atoms with Crippen LogP contribution in [0.4, 0.5) is 0 Å². The van der Waals surface area contributed by atoms with Crippen molar-refractivity contribution < 1.29 is 8.85 Å². The molecule has 276 valence electrons. The van der Waals surface area contributed by atoms with Gasteiger partial charge in [0.2, 0.25) is 11.7 Å². The van der Waals surface area contributed by atoms with Gasteiger partial charge in [-0.15, -0.1) is 0 Å². The fraction of sp³-hybridized carbons (Fsp3) is 0.0962. The van der Waals surface area contributed by atoms with Gasteiger partial charge in [0.1, 0.15) is 11.5 Å². The molecule has 2 aliphatic rings. The summed E-state index contributed by atoms with van der Waals surface area (Å²) < 4.78 is 37.4. The van der Waals surface area contributed by atoms with E-state index in [2.05, 4.69) is 101 Å². The highest BCUT2D eigenvalue weighted by atomic mass is 16.5. The van der Waals surface area contributed by atoms with E-state index in [4.69, 9.17) is 23.8 Å². The Bertz CT molecular complexity index is 3510. The maximum absolute atomic E-state index is 8.89. The molecule has 1 aliphatic carbocycles. The molecule has 0 radical (unpaired) electrons. The summed E-state index contributed by atoms with van der Waals surface area (Å²) in [6.07, 6.45) is 1.96. The molecule has 1 aliphatic heterocycles. The highest BCUT2D eigenvalue weighted by molar-refractivity contribution is 6.03.